The molecule has 300 valence electrons. The summed E-state index contributed by atoms with van der Waals surface area (Å²) in [6.45, 7) is 6.54. The minimum Gasteiger partial charge on any atom is -0.474 e. The highest BCUT2D eigenvalue weighted by atomic mass is 35.5. The molecule has 10 heterocycles. The maximum Gasteiger partial charge on any atom is 0.436 e. The molecule has 4 bridgehead atoms. The number of aryl methyl sites for hydroxylation is 1. The van der Waals surface area contributed by atoms with Gasteiger partial charge in [-0.2, -0.15) is 28.4 Å². The first kappa shape index (κ1) is 36.1. The number of hydrogen-bond acceptors (Lipinski definition) is 13. The van der Waals surface area contributed by atoms with Crippen LogP contribution >= 0.6 is 11.6 Å². The molecule has 22 heteroatoms. The highest BCUT2D eigenvalue weighted by molar-refractivity contribution is 6.34. The Kier molecular flexibility index (Phi) is 8.85. The van der Waals surface area contributed by atoms with E-state index in [1.807, 2.05) is 23.2 Å². The zero-order valence-electron chi connectivity index (χ0n) is 31.1. The molecule has 6 aromatic heterocycles. The Bertz CT molecular complexity index is 2500. The molecule has 4 aliphatic heterocycles. The quantitative estimate of drug-likeness (QED) is 0.225. The smallest absolute Gasteiger partial charge is 0.436 e. The van der Waals surface area contributed by atoms with E-state index in [0.29, 0.717) is 61.1 Å². The summed E-state index contributed by atoms with van der Waals surface area (Å²) >= 11 is 6.63. The molecule has 0 aromatic carbocycles. The fourth-order valence-electron chi connectivity index (χ4n) is 8.14. The molecule has 0 spiro atoms. The largest absolute Gasteiger partial charge is 0.474 e. The molecule has 0 aliphatic carbocycles. The minimum absolute atomic E-state index is 0.0255. The van der Waals surface area contributed by atoms with E-state index in [0.717, 1.165) is 37.1 Å². The van der Waals surface area contributed by atoms with Crippen LogP contribution in [0.1, 0.15) is 67.3 Å². The molecule has 1 unspecified atom stereocenters. The van der Waals surface area contributed by atoms with Crippen molar-refractivity contribution < 1.29 is 36.7 Å². The maximum absolute atomic E-state index is 14.7. The Morgan fingerprint density at radius 1 is 0.789 bits per heavy atom. The summed E-state index contributed by atoms with van der Waals surface area (Å²) in [5.74, 6) is 1.10. The summed E-state index contributed by atoms with van der Waals surface area (Å²) in [7, 11) is 0. The van der Waals surface area contributed by atoms with Crippen LogP contribution in [0.2, 0.25) is 5.15 Å². The molecule has 2 saturated heterocycles. The van der Waals surface area contributed by atoms with Gasteiger partial charge in [0, 0.05) is 39.0 Å². The van der Waals surface area contributed by atoms with Crippen molar-refractivity contribution in [2.75, 3.05) is 50.3 Å². The van der Waals surface area contributed by atoms with Crippen molar-refractivity contribution in [2.45, 2.75) is 83.3 Å². The third-order valence-electron chi connectivity index (χ3n) is 11.1. The van der Waals surface area contributed by atoms with Gasteiger partial charge in [-0.1, -0.05) is 16.6 Å². The number of hydrogen-bond donors (Lipinski definition) is 2. The van der Waals surface area contributed by atoms with Gasteiger partial charge >= 0.3 is 12.1 Å². The monoisotopic (exact) mass is 811 g/mol. The SMILES string of the molecule is Cc1c2c(nn1C1CCOCC1)OCCCn1nc(C(F)(F)F)c3c[n+](C4COc5nn([C@@H]6CCCOC6)c(C)c5Nc5ncc6c(Cl)nn(c6n5)C4)c(nc31)N2. The Hall–Kier alpha value is -5.28. The summed E-state index contributed by atoms with van der Waals surface area (Å²) in [4.78, 5) is 14.2. The van der Waals surface area contributed by atoms with Crippen LogP contribution in [0.5, 0.6) is 11.8 Å². The molecular formula is C35H39ClF3N14O4+. The number of ether oxygens (including phenoxy) is 4. The summed E-state index contributed by atoms with van der Waals surface area (Å²) in [6, 6.07) is -0.724. The normalized spacial score (nSPS) is 20.6. The van der Waals surface area contributed by atoms with E-state index < -0.39 is 17.9 Å². The average Bonchev–Trinajstić information content (AvgIpc) is 3.92. The first-order valence-electron chi connectivity index (χ1n) is 19.0. The van der Waals surface area contributed by atoms with Crippen LogP contribution in [0.3, 0.4) is 0 Å². The molecule has 6 aromatic rings. The van der Waals surface area contributed by atoms with Crippen LogP contribution in [0.15, 0.2) is 12.4 Å². The predicted molar refractivity (Wildman–Crippen MR) is 196 cm³/mol. The van der Waals surface area contributed by atoms with E-state index in [2.05, 4.69) is 25.8 Å². The van der Waals surface area contributed by atoms with Crippen LogP contribution in [-0.2, 0) is 28.7 Å². The van der Waals surface area contributed by atoms with Crippen LogP contribution < -0.4 is 24.7 Å². The van der Waals surface area contributed by atoms with Gasteiger partial charge in [0.15, 0.2) is 22.2 Å². The second-order valence-electron chi connectivity index (χ2n) is 14.7. The van der Waals surface area contributed by atoms with Crippen LogP contribution in [0.25, 0.3) is 22.1 Å². The van der Waals surface area contributed by atoms with Gasteiger partial charge in [0.25, 0.3) is 11.8 Å². The molecular weight excluding hydrogens is 773 g/mol. The van der Waals surface area contributed by atoms with Crippen molar-refractivity contribution in [2.24, 2.45) is 0 Å². The fourth-order valence-corrected chi connectivity index (χ4v) is 8.37. The lowest BCUT2D eigenvalue weighted by Crippen LogP contribution is -2.47. The van der Waals surface area contributed by atoms with Crippen LogP contribution in [-0.4, -0.2) is 93.7 Å². The van der Waals surface area contributed by atoms with Gasteiger partial charge in [0.2, 0.25) is 11.6 Å². The molecule has 2 N–H and O–H groups in total. The van der Waals surface area contributed by atoms with E-state index >= 15 is 0 Å². The molecule has 18 nitrogen and oxygen atoms in total. The van der Waals surface area contributed by atoms with Crippen LogP contribution in [0.4, 0.5) is 36.4 Å². The number of fused-ring (bicyclic) bond motifs is 4. The maximum atomic E-state index is 14.7. The molecule has 0 saturated carbocycles. The number of anilines is 4. The number of rotatable bonds is 3. The van der Waals surface area contributed by atoms with Crippen molar-refractivity contribution >= 4 is 56.9 Å². The molecule has 0 amide bonds. The number of alkyl halides is 3. The van der Waals surface area contributed by atoms with Crippen LogP contribution in [0, 0.1) is 13.8 Å². The zero-order chi connectivity index (χ0) is 39.0. The summed E-state index contributed by atoms with van der Waals surface area (Å²) in [5, 5.41) is 25.6. The minimum atomic E-state index is -4.77. The number of nitrogens with one attached hydrogen (secondary N) is 2. The van der Waals surface area contributed by atoms with Crippen molar-refractivity contribution in [1.82, 2.24) is 54.1 Å². The van der Waals surface area contributed by atoms with Gasteiger partial charge in [-0.3, -0.25) is 9.36 Å². The first-order chi connectivity index (χ1) is 27.6. The number of halogens is 4. The first-order valence-corrected chi connectivity index (χ1v) is 19.4. The Morgan fingerprint density at radius 3 is 2.32 bits per heavy atom. The molecule has 2 atom stereocenters. The molecule has 4 aliphatic rings. The molecule has 10 rings (SSSR count). The van der Waals surface area contributed by atoms with E-state index in [1.165, 1.54) is 10.9 Å². The number of aromatic nitrogens is 12. The Balaban J connectivity index is 1.15. The van der Waals surface area contributed by atoms with E-state index in [4.69, 9.17) is 50.7 Å². The third-order valence-corrected chi connectivity index (χ3v) is 11.3. The molecule has 0 radical (unpaired) electrons. The van der Waals surface area contributed by atoms with Crippen molar-refractivity contribution in [3.05, 3.63) is 34.6 Å². The summed E-state index contributed by atoms with van der Waals surface area (Å²) < 4.78 is 76.8. The van der Waals surface area contributed by atoms with E-state index in [-0.39, 0.29) is 72.4 Å². The van der Waals surface area contributed by atoms with E-state index in [1.54, 1.807) is 15.4 Å². The van der Waals surface area contributed by atoms with Gasteiger partial charge < -0.3 is 24.3 Å². The van der Waals surface area contributed by atoms with Gasteiger partial charge in [-0.05, 0) is 39.5 Å². The van der Waals surface area contributed by atoms with Gasteiger partial charge in [-0.25, -0.2) is 24.2 Å². The zero-order valence-corrected chi connectivity index (χ0v) is 31.8. The summed E-state index contributed by atoms with van der Waals surface area (Å²) in [5.41, 5.74) is 2.09. The third kappa shape index (κ3) is 6.35. The van der Waals surface area contributed by atoms with Gasteiger partial charge in [0.05, 0.1) is 54.8 Å². The van der Waals surface area contributed by atoms with Gasteiger partial charge in [0.1, 0.15) is 23.7 Å². The predicted octanol–water partition coefficient (Wildman–Crippen LogP) is 5.15. The number of nitrogens with zero attached hydrogens (tertiary/aromatic N) is 12. The topological polar surface area (TPSA) is 175 Å². The Morgan fingerprint density at radius 2 is 1.54 bits per heavy atom. The van der Waals surface area contributed by atoms with Gasteiger partial charge in [-0.15, -0.1) is 10.2 Å². The lowest BCUT2D eigenvalue weighted by molar-refractivity contribution is -0.713. The standard InChI is InChI=1S/C35H38ClF3N14O4/c1-18-25-32(48-53(18)21-5-3-9-55-16-21)57-17-22(14-51-29-23(28(36)46-51)13-40-33(41-25)43-29)49-15-24-27(35(37,38)39)45-50-8-4-10-56-31-26(42-34(49)44-30(24)50)19(2)52(47-31)20-6-11-54-12-7-20/h13,15,20-22H,3-12,14,16-17H2,1-2H3,(H,40,41,43,46)/p+1/t21-,22?/m1/s1. The van der Waals surface area contributed by atoms with Crippen molar-refractivity contribution in [3.63, 3.8) is 0 Å². The lowest BCUT2D eigenvalue weighted by atomic mass is 10.1. The Labute approximate surface area is 327 Å². The highest BCUT2D eigenvalue weighted by Gasteiger charge is 2.41. The highest BCUT2D eigenvalue weighted by Crippen LogP contribution is 2.39. The van der Waals surface area contributed by atoms with Crippen molar-refractivity contribution in [1.29, 1.82) is 0 Å². The van der Waals surface area contributed by atoms with E-state index in [9.17, 15) is 13.2 Å². The lowest BCUT2D eigenvalue weighted by Gasteiger charge is -2.23. The van der Waals surface area contributed by atoms with Crippen molar-refractivity contribution in [3.8, 4) is 11.8 Å². The molecule has 57 heavy (non-hydrogen) atoms. The molecule has 2 fully saturated rings. The second-order valence-corrected chi connectivity index (χ2v) is 15.1. The fraction of sp³-hybridized carbons (Fsp3) is 0.543. The summed E-state index contributed by atoms with van der Waals surface area (Å²) in [6.07, 6.45) is 1.91. The second kappa shape index (κ2) is 14.0. The average molecular weight is 812 g/mol.